The highest BCUT2D eigenvalue weighted by atomic mass is 16.6. The lowest BCUT2D eigenvalue weighted by Gasteiger charge is -2.73. The first kappa shape index (κ1) is 27.2. The number of carbonyl (C=O) groups is 2. The molecule has 5 aliphatic rings. The van der Waals surface area contributed by atoms with Crippen LogP contribution in [0.1, 0.15) is 106 Å². The molecule has 208 valence electrons. The molecule has 5 nitrogen and oxygen atoms in total. The van der Waals surface area contributed by atoms with Crippen molar-refractivity contribution in [2.24, 2.45) is 56.7 Å². The number of aliphatic hydroxyl groups is 1. The van der Waals surface area contributed by atoms with Gasteiger partial charge >= 0.3 is 11.9 Å². The molecule has 2 N–H and O–H groups in total. The summed E-state index contributed by atoms with van der Waals surface area (Å²) >= 11 is 0. The molecule has 0 radical (unpaired) electrons. The summed E-state index contributed by atoms with van der Waals surface area (Å²) in [5.41, 5.74) is 0.306. The minimum atomic E-state index is -0.661. The van der Waals surface area contributed by atoms with Gasteiger partial charge in [-0.1, -0.05) is 46.8 Å². The SMILES string of the molecule is C=C(C)[C@@H]1CC[C@]2(C(=O)O)CC[C@]3(C)[C@H](CC[C@@H]4[C@@]5(C)C[C@@H](OC(C)=O)[C@H](O)C(C)(C)[C@@H]5CC[C@]43C)[C@H]12. The largest absolute Gasteiger partial charge is 0.481 e. The molecule has 0 aromatic heterocycles. The van der Waals surface area contributed by atoms with E-state index in [1.54, 1.807) is 0 Å². The Morgan fingerprint density at radius 1 is 0.865 bits per heavy atom. The minimum absolute atomic E-state index is 0.0470. The van der Waals surface area contributed by atoms with E-state index in [0.29, 0.717) is 30.1 Å². The molecule has 0 bridgehead atoms. The zero-order valence-electron chi connectivity index (χ0n) is 24.2. The first-order valence-electron chi connectivity index (χ1n) is 14.8. The van der Waals surface area contributed by atoms with Crippen molar-refractivity contribution in [2.45, 2.75) is 118 Å². The maximum atomic E-state index is 12.8. The second kappa shape index (κ2) is 8.32. The van der Waals surface area contributed by atoms with E-state index in [2.05, 4.69) is 48.1 Å². The van der Waals surface area contributed by atoms with Crippen LogP contribution in [0.3, 0.4) is 0 Å². The van der Waals surface area contributed by atoms with Crippen LogP contribution in [-0.2, 0) is 14.3 Å². The summed E-state index contributed by atoms with van der Waals surface area (Å²) in [4.78, 5) is 24.8. The number of allylic oxidation sites excluding steroid dienone is 1. The monoisotopic (exact) mass is 514 g/mol. The first-order chi connectivity index (χ1) is 17.1. The van der Waals surface area contributed by atoms with Crippen molar-refractivity contribution in [3.05, 3.63) is 12.2 Å². The molecular formula is C32H50O5. The number of rotatable bonds is 3. The average molecular weight is 515 g/mol. The lowest BCUT2D eigenvalue weighted by atomic mass is 9.32. The zero-order valence-corrected chi connectivity index (χ0v) is 24.2. The van der Waals surface area contributed by atoms with Gasteiger partial charge < -0.3 is 14.9 Å². The van der Waals surface area contributed by atoms with Crippen molar-refractivity contribution in [1.29, 1.82) is 0 Å². The Bertz CT molecular complexity index is 1000. The van der Waals surface area contributed by atoms with Crippen LogP contribution in [0.4, 0.5) is 0 Å². The van der Waals surface area contributed by atoms with E-state index in [1.807, 2.05) is 0 Å². The molecule has 5 aliphatic carbocycles. The number of carboxylic acids is 1. The summed E-state index contributed by atoms with van der Waals surface area (Å²) < 4.78 is 5.77. The third kappa shape index (κ3) is 3.37. The Labute approximate surface area is 223 Å². The van der Waals surface area contributed by atoms with Crippen LogP contribution in [-0.4, -0.2) is 34.4 Å². The lowest BCUT2D eigenvalue weighted by molar-refractivity contribution is -0.265. The molecule has 0 saturated heterocycles. The number of carboxylic acid groups (broad SMARTS) is 1. The molecule has 5 saturated carbocycles. The van der Waals surface area contributed by atoms with Crippen molar-refractivity contribution in [1.82, 2.24) is 0 Å². The van der Waals surface area contributed by atoms with Crippen LogP contribution in [0.2, 0.25) is 0 Å². The molecule has 0 amide bonds. The molecule has 0 aromatic rings. The molecule has 5 heteroatoms. The van der Waals surface area contributed by atoms with Gasteiger partial charge in [0.2, 0.25) is 0 Å². The second-order valence-corrected chi connectivity index (χ2v) is 15.3. The van der Waals surface area contributed by atoms with E-state index in [1.165, 1.54) is 6.92 Å². The molecule has 0 spiro atoms. The van der Waals surface area contributed by atoms with Gasteiger partial charge in [-0.2, -0.15) is 0 Å². The number of fused-ring (bicyclic) bond motifs is 7. The summed E-state index contributed by atoms with van der Waals surface area (Å²) in [7, 11) is 0. The Kier molecular flexibility index (Phi) is 6.12. The Morgan fingerprint density at radius 3 is 2.14 bits per heavy atom. The minimum Gasteiger partial charge on any atom is -0.481 e. The molecule has 0 heterocycles. The van der Waals surface area contributed by atoms with Gasteiger partial charge in [0.1, 0.15) is 6.10 Å². The van der Waals surface area contributed by atoms with Gasteiger partial charge in [0, 0.05) is 6.92 Å². The summed E-state index contributed by atoms with van der Waals surface area (Å²) in [6.07, 6.45) is 7.36. The number of ether oxygens (including phenoxy) is 1. The van der Waals surface area contributed by atoms with Crippen LogP contribution in [0.15, 0.2) is 12.2 Å². The van der Waals surface area contributed by atoms with Gasteiger partial charge in [-0.25, -0.2) is 0 Å². The molecule has 11 atom stereocenters. The molecule has 0 aromatic carbocycles. The van der Waals surface area contributed by atoms with Gasteiger partial charge in [-0.3, -0.25) is 9.59 Å². The Balaban J connectivity index is 1.56. The van der Waals surface area contributed by atoms with Gasteiger partial charge in [0.05, 0.1) is 11.5 Å². The van der Waals surface area contributed by atoms with E-state index in [9.17, 15) is 19.8 Å². The Morgan fingerprint density at radius 2 is 1.54 bits per heavy atom. The van der Waals surface area contributed by atoms with Gasteiger partial charge in [0.25, 0.3) is 0 Å². The van der Waals surface area contributed by atoms with Gasteiger partial charge in [-0.05, 0) is 116 Å². The van der Waals surface area contributed by atoms with Crippen LogP contribution in [0.5, 0.6) is 0 Å². The van der Waals surface area contributed by atoms with Crippen molar-refractivity contribution >= 4 is 11.9 Å². The van der Waals surface area contributed by atoms with Crippen LogP contribution in [0.25, 0.3) is 0 Å². The Hall–Kier alpha value is -1.36. The summed E-state index contributed by atoms with van der Waals surface area (Å²) in [5, 5.41) is 21.9. The summed E-state index contributed by atoms with van der Waals surface area (Å²) in [6, 6.07) is 0. The fourth-order valence-electron chi connectivity index (χ4n) is 11.9. The topological polar surface area (TPSA) is 83.8 Å². The molecule has 5 fully saturated rings. The van der Waals surface area contributed by atoms with Crippen LogP contribution < -0.4 is 0 Å². The number of esters is 1. The molecular weight excluding hydrogens is 464 g/mol. The second-order valence-electron chi connectivity index (χ2n) is 15.3. The zero-order chi connectivity index (χ0) is 27.3. The standard InChI is InChI=1S/C32H50O5/c1-18(2)20-11-14-32(27(35)36)16-15-30(7)21(25(20)32)9-10-24-29(6)17-22(37-19(3)33)26(34)28(4,5)23(29)12-13-31(24,30)8/h20-26,34H,1,9-17H2,2-8H3,(H,35,36)/t20-,21+,22+,23-,24+,25-,26-,29-,30+,31+,32-/m0/s1. The average Bonchev–Trinajstić information content (AvgIpc) is 3.19. The summed E-state index contributed by atoms with van der Waals surface area (Å²) in [5.74, 6) is 0.754. The van der Waals surface area contributed by atoms with E-state index in [-0.39, 0.29) is 33.5 Å². The number of aliphatic hydroxyl groups excluding tert-OH is 1. The molecule has 5 rings (SSSR count). The van der Waals surface area contributed by atoms with Crippen molar-refractivity contribution in [2.75, 3.05) is 0 Å². The normalized spacial score (nSPS) is 52.2. The van der Waals surface area contributed by atoms with Crippen molar-refractivity contribution in [3.63, 3.8) is 0 Å². The van der Waals surface area contributed by atoms with E-state index >= 15 is 0 Å². The van der Waals surface area contributed by atoms with Gasteiger partial charge in [0.15, 0.2) is 0 Å². The van der Waals surface area contributed by atoms with E-state index in [4.69, 9.17) is 4.74 Å². The molecule has 0 unspecified atom stereocenters. The maximum Gasteiger partial charge on any atom is 0.309 e. The number of aliphatic carboxylic acids is 1. The smallest absolute Gasteiger partial charge is 0.309 e. The first-order valence-corrected chi connectivity index (χ1v) is 14.8. The quantitative estimate of drug-likeness (QED) is 0.326. The fourth-order valence-corrected chi connectivity index (χ4v) is 11.9. The van der Waals surface area contributed by atoms with Crippen molar-refractivity contribution < 1.29 is 24.5 Å². The highest BCUT2D eigenvalue weighted by Crippen LogP contribution is 2.77. The van der Waals surface area contributed by atoms with Crippen LogP contribution in [0, 0.1) is 56.7 Å². The van der Waals surface area contributed by atoms with Crippen LogP contribution >= 0.6 is 0 Å². The number of hydrogen-bond donors (Lipinski definition) is 2. The van der Waals surface area contributed by atoms with Crippen molar-refractivity contribution in [3.8, 4) is 0 Å². The fraction of sp³-hybridized carbons (Fsp3) is 0.875. The highest BCUT2D eigenvalue weighted by molar-refractivity contribution is 5.76. The predicted molar refractivity (Wildman–Crippen MR) is 144 cm³/mol. The van der Waals surface area contributed by atoms with E-state index < -0.39 is 23.6 Å². The third-order valence-corrected chi connectivity index (χ3v) is 13.7. The maximum absolute atomic E-state index is 12.8. The lowest BCUT2D eigenvalue weighted by Crippen LogP contribution is -2.68. The molecule has 37 heavy (non-hydrogen) atoms. The number of hydrogen-bond acceptors (Lipinski definition) is 4. The van der Waals surface area contributed by atoms with E-state index in [0.717, 1.165) is 56.9 Å². The predicted octanol–water partition coefficient (Wildman–Crippen LogP) is 6.63. The third-order valence-electron chi connectivity index (χ3n) is 13.7. The highest BCUT2D eigenvalue weighted by Gasteiger charge is 2.72. The molecule has 0 aliphatic heterocycles. The van der Waals surface area contributed by atoms with Gasteiger partial charge in [-0.15, -0.1) is 0 Å². The summed E-state index contributed by atoms with van der Waals surface area (Å²) in [6.45, 7) is 19.7. The number of carbonyl (C=O) groups excluding carboxylic acids is 1.